The topological polar surface area (TPSA) is 93.5 Å². The van der Waals surface area contributed by atoms with Crippen LogP contribution in [-0.4, -0.2) is 52.0 Å². The Labute approximate surface area is 171 Å². The van der Waals surface area contributed by atoms with Crippen molar-refractivity contribution >= 4 is 5.78 Å². The minimum atomic E-state index is -0.351. The fourth-order valence-corrected chi connectivity index (χ4v) is 2.85. The lowest BCUT2D eigenvalue weighted by Gasteiger charge is -2.29. The number of carbonyl (C=O) groups excluding carboxylic acids is 1. The number of hydrogen-bond acceptors (Lipinski definition) is 5. The number of nitrogens with zero attached hydrogens (tertiary/aromatic N) is 3. The largest absolute Gasteiger partial charge is 0.379 e. The summed E-state index contributed by atoms with van der Waals surface area (Å²) in [5, 5.41) is 3.49. The molecule has 1 unspecified atom stereocenters. The van der Waals surface area contributed by atoms with E-state index in [9.17, 15) is 4.79 Å². The van der Waals surface area contributed by atoms with E-state index in [0.29, 0.717) is 46.2 Å². The van der Waals surface area contributed by atoms with Gasteiger partial charge in [-0.1, -0.05) is 53.1 Å². The van der Waals surface area contributed by atoms with Gasteiger partial charge in [0, 0.05) is 29.4 Å². The second-order valence-electron chi connectivity index (χ2n) is 9.39. The molecule has 0 rings (SSSR count). The van der Waals surface area contributed by atoms with Crippen LogP contribution in [0.2, 0.25) is 0 Å². The van der Waals surface area contributed by atoms with Crippen LogP contribution in [0.1, 0.15) is 67.2 Å². The van der Waals surface area contributed by atoms with E-state index >= 15 is 0 Å². The number of ether oxygens (including phenoxy) is 3. The molecule has 7 nitrogen and oxygen atoms in total. The number of rotatable bonds is 16. The third-order valence-corrected chi connectivity index (χ3v) is 4.14. The highest BCUT2D eigenvalue weighted by atomic mass is 16.5. The molecule has 0 bridgehead atoms. The van der Waals surface area contributed by atoms with Crippen molar-refractivity contribution < 1.29 is 19.0 Å². The summed E-state index contributed by atoms with van der Waals surface area (Å²) in [6.07, 6.45) is 3.67. The summed E-state index contributed by atoms with van der Waals surface area (Å²) in [5.41, 5.74) is 7.91. The molecule has 0 saturated carbocycles. The van der Waals surface area contributed by atoms with E-state index in [1.807, 2.05) is 20.8 Å². The monoisotopic (exact) mass is 399 g/mol. The molecular formula is C21H41N3O4. The van der Waals surface area contributed by atoms with Crippen LogP contribution in [0.15, 0.2) is 5.11 Å². The molecule has 7 heteroatoms. The number of carbonyl (C=O) groups is 1. The van der Waals surface area contributed by atoms with Crippen molar-refractivity contribution in [3.8, 4) is 0 Å². The first-order valence-corrected chi connectivity index (χ1v) is 10.4. The maximum absolute atomic E-state index is 12.7. The first-order chi connectivity index (χ1) is 13.1. The Kier molecular flexibility index (Phi) is 14.2. The van der Waals surface area contributed by atoms with E-state index in [-0.39, 0.29) is 22.5 Å². The van der Waals surface area contributed by atoms with Crippen LogP contribution in [0.4, 0.5) is 0 Å². The smallest absolute Gasteiger partial charge is 0.143 e. The molecule has 0 aromatic heterocycles. The molecule has 0 radical (unpaired) electrons. The Hall–Kier alpha value is -1.14. The van der Waals surface area contributed by atoms with Crippen LogP contribution in [0.25, 0.3) is 10.4 Å². The van der Waals surface area contributed by atoms with Crippen LogP contribution in [0, 0.1) is 16.7 Å². The van der Waals surface area contributed by atoms with Crippen LogP contribution in [-0.2, 0) is 19.0 Å². The summed E-state index contributed by atoms with van der Waals surface area (Å²) in [4.78, 5) is 15.4. The Morgan fingerprint density at radius 3 is 2.00 bits per heavy atom. The lowest BCUT2D eigenvalue weighted by atomic mass is 9.76. The summed E-state index contributed by atoms with van der Waals surface area (Å²) in [6, 6.07) is 0. The van der Waals surface area contributed by atoms with E-state index in [1.165, 1.54) is 0 Å². The van der Waals surface area contributed by atoms with Gasteiger partial charge in [0.15, 0.2) is 0 Å². The van der Waals surface area contributed by atoms with Gasteiger partial charge in [0.25, 0.3) is 0 Å². The predicted molar refractivity (Wildman–Crippen MR) is 112 cm³/mol. The van der Waals surface area contributed by atoms with Gasteiger partial charge in [0.2, 0.25) is 0 Å². The third kappa shape index (κ3) is 15.9. The van der Waals surface area contributed by atoms with E-state index in [0.717, 1.165) is 25.7 Å². The molecule has 0 aliphatic rings. The average molecular weight is 400 g/mol. The molecule has 0 saturated heterocycles. The maximum Gasteiger partial charge on any atom is 0.143 e. The van der Waals surface area contributed by atoms with Gasteiger partial charge in [-0.2, -0.15) is 0 Å². The number of unbranched alkanes of at least 4 members (excludes halogenated alkanes) is 2. The van der Waals surface area contributed by atoms with Crippen molar-refractivity contribution in [2.24, 2.45) is 21.9 Å². The van der Waals surface area contributed by atoms with Crippen LogP contribution < -0.4 is 0 Å². The van der Waals surface area contributed by atoms with E-state index in [4.69, 9.17) is 19.7 Å². The highest BCUT2D eigenvalue weighted by Gasteiger charge is 2.32. The summed E-state index contributed by atoms with van der Waals surface area (Å²) in [6.45, 7) is 16.1. The molecule has 0 spiro atoms. The first kappa shape index (κ1) is 26.9. The summed E-state index contributed by atoms with van der Waals surface area (Å²) < 4.78 is 16.7. The third-order valence-electron chi connectivity index (χ3n) is 4.14. The number of azide groups is 1. The van der Waals surface area contributed by atoms with Crippen molar-refractivity contribution in [3.05, 3.63) is 10.4 Å². The van der Waals surface area contributed by atoms with Gasteiger partial charge >= 0.3 is 0 Å². The van der Waals surface area contributed by atoms with Crippen molar-refractivity contribution in [1.82, 2.24) is 0 Å². The zero-order valence-corrected chi connectivity index (χ0v) is 18.8. The van der Waals surface area contributed by atoms with Gasteiger partial charge in [-0.25, -0.2) is 0 Å². The Morgan fingerprint density at radius 2 is 1.46 bits per heavy atom. The number of Topliss-reactive ketones (excluding diaryl/α,β-unsaturated/α-hetero) is 1. The van der Waals surface area contributed by atoms with Gasteiger partial charge in [-0.15, -0.1) is 0 Å². The Bertz CT molecular complexity index is 463. The van der Waals surface area contributed by atoms with Gasteiger partial charge in [-0.05, 0) is 30.2 Å². The molecule has 0 heterocycles. The minimum absolute atomic E-state index is 0.0813. The highest BCUT2D eigenvalue weighted by molar-refractivity contribution is 5.86. The SMILES string of the molecule is CC(C)(C)CC(COCCOCCOCCCCCN=[N+]=[N-])C(=O)C(C)(C)C. The standard InChI is InChI=1S/C21H41N3O4/c1-20(2,3)16-18(19(25)21(4,5)6)17-28-15-14-27-13-12-26-11-9-7-8-10-23-24-22/h18H,7-17H2,1-6H3. The summed E-state index contributed by atoms with van der Waals surface area (Å²) in [5.74, 6) is 0.179. The average Bonchev–Trinajstić information content (AvgIpc) is 2.58. The molecule has 0 N–H and O–H groups in total. The molecule has 0 aliphatic carbocycles. The molecule has 164 valence electrons. The number of hydrogen-bond donors (Lipinski definition) is 0. The summed E-state index contributed by atoms with van der Waals surface area (Å²) in [7, 11) is 0. The Balaban J connectivity index is 3.77. The second kappa shape index (κ2) is 14.8. The summed E-state index contributed by atoms with van der Waals surface area (Å²) >= 11 is 0. The normalized spacial score (nSPS) is 13.2. The Morgan fingerprint density at radius 1 is 0.893 bits per heavy atom. The minimum Gasteiger partial charge on any atom is -0.379 e. The lowest BCUT2D eigenvalue weighted by Crippen LogP contribution is -2.34. The molecule has 0 amide bonds. The molecule has 28 heavy (non-hydrogen) atoms. The van der Waals surface area contributed by atoms with E-state index < -0.39 is 0 Å². The molecule has 1 atom stereocenters. The second-order valence-corrected chi connectivity index (χ2v) is 9.39. The molecule has 0 aliphatic heterocycles. The highest BCUT2D eigenvalue weighted by Crippen LogP contribution is 2.30. The van der Waals surface area contributed by atoms with Gasteiger partial charge in [-0.3, -0.25) is 4.79 Å². The van der Waals surface area contributed by atoms with Gasteiger partial charge in [0.1, 0.15) is 5.78 Å². The fraction of sp³-hybridized carbons (Fsp3) is 0.952. The van der Waals surface area contributed by atoms with Gasteiger partial charge in [0.05, 0.1) is 33.0 Å². The van der Waals surface area contributed by atoms with Crippen molar-refractivity contribution in [1.29, 1.82) is 0 Å². The molecule has 0 aromatic rings. The zero-order valence-electron chi connectivity index (χ0n) is 18.8. The molecular weight excluding hydrogens is 358 g/mol. The lowest BCUT2D eigenvalue weighted by molar-refractivity contribution is -0.134. The van der Waals surface area contributed by atoms with E-state index in [1.54, 1.807) is 0 Å². The van der Waals surface area contributed by atoms with Crippen molar-refractivity contribution in [2.75, 3.05) is 46.2 Å². The van der Waals surface area contributed by atoms with Gasteiger partial charge < -0.3 is 14.2 Å². The van der Waals surface area contributed by atoms with Crippen LogP contribution >= 0.6 is 0 Å². The quantitative estimate of drug-likeness (QED) is 0.155. The molecule has 0 fully saturated rings. The van der Waals surface area contributed by atoms with E-state index in [2.05, 4.69) is 30.8 Å². The fourth-order valence-electron chi connectivity index (χ4n) is 2.85. The van der Waals surface area contributed by atoms with Crippen LogP contribution in [0.5, 0.6) is 0 Å². The van der Waals surface area contributed by atoms with Crippen molar-refractivity contribution in [2.45, 2.75) is 67.2 Å². The maximum atomic E-state index is 12.7. The van der Waals surface area contributed by atoms with Crippen molar-refractivity contribution in [3.63, 3.8) is 0 Å². The number of ketones is 1. The first-order valence-electron chi connectivity index (χ1n) is 10.4. The zero-order chi connectivity index (χ0) is 21.5. The predicted octanol–water partition coefficient (Wildman–Crippen LogP) is 5.18. The van der Waals surface area contributed by atoms with Crippen LogP contribution in [0.3, 0.4) is 0 Å². The molecule has 0 aromatic carbocycles.